The Hall–Kier alpha value is -1.51. The number of fused-ring (bicyclic) bond motifs is 1. The van der Waals surface area contributed by atoms with Crippen LogP contribution in [0.15, 0.2) is 35.1 Å². The molecule has 2 rings (SSSR count). The normalized spacial score (nSPS) is 30.9. The molecule has 1 aliphatic carbocycles. The van der Waals surface area contributed by atoms with Crippen LogP contribution in [0.3, 0.4) is 0 Å². The largest absolute Gasteiger partial charge is 0.369 e. The van der Waals surface area contributed by atoms with Crippen molar-refractivity contribution in [3.63, 3.8) is 0 Å². The Balaban J connectivity index is 2.55. The molecule has 0 saturated heterocycles. The molecule has 3 nitrogen and oxygen atoms in total. The first-order valence-electron chi connectivity index (χ1n) is 6.49. The minimum atomic E-state index is -0.675. The van der Waals surface area contributed by atoms with Crippen LogP contribution in [0.25, 0.3) is 0 Å². The molecule has 0 bridgehead atoms. The van der Waals surface area contributed by atoms with Crippen LogP contribution < -0.4 is 5.73 Å². The second kappa shape index (κ2) is 4.01. The summed E-state index contributed by atoms with van der Waals surface area (Å²) in [5.74, 6) is -0.281. The van der Waals surface area contributed by atoms with Gasteiger partial charge in [-0.3, -0.25) is 4.79 Å². The number of hydrogen-bond acceptors (Lipinski definition) is 2. The van der Waals surface area contributed by atoms with Crippen LogP contribution in [0, 0.1) is 5.41 Å². The van der Waals surface area contributed by atoms with E-state index in [9.17, 15) is 4.79 Å². The van der Waals surface area contributed by atoms with E-state index in [0.717, 1.165) is 16.8 Å². The van der Waals surface area contributed by atoms with Crippen molar-refractivity contribution in [1.82, 2.24) is 4.90 Å². The summed E-state index contributed by atoms with van der Waals surface area (Å²) in [6.07, 6.45) is 6.29. The summed E-state index contributed by atoms with van der Waals surface area (Å²) in [4.78, 5) is 14.2. The lowest BCUT2D eigenvalue weighted by atomic mass is 9.75. The smallest absolute Gasteiger partial charge is 0.231 e. The molecule has 2 unspecified atom stereocenters. The van der Waals surface area contributed by atoms with Crippen LogP contribution in [-0.2, 0) is 4.79 Å². The van der Waals surface area contributed by atoms with E-state index < -0.39 is 5.41 Å². The zero-order valence-corrected chi connectivity index (χ0v) is 11.8. The van der Waals surface area contributed by atoms with Gasteiger partial charge in [0.25, 0.3) is 0 Å². The second-order valence-electron chi connectivity index (χ2n) is 5.81. The van der Waals surface area contributed by atoms with E-state index in [1.807, 2.05) is 19.9 Å². The van der Waals surface area contributed by atoms with Crippen LogP contribution in [0.2, 0.25) is 0 Å². The average molecular weight is 246 g/mol. The summed E-state index contributed by atoms with van der Waals surface area (Å²) in [5, 5.41) is 0. The molecule has 0 fully saturated rings. The molecule has 2 N–H and O–H groups in total. The molecule has 1 aliphatic heterocycles. The molecule has 1 heterocycles. The maximum Gasteiger partial charge on any atom is 0.231 e. The number of allylic oxidation sites excluding steroid dienone is 3. The molecular weight excluding hydrogens is 224 g/mol. The maximum atomic E-state index is 11.8. The van der Waals surface area contributed by atoms with Crippen molar-refractivity contribution >= 4 is 5.91 Å². The Morgan fingerprint density at radius 2 is 2.11 bits per heavy atom. The van der Waals surface area contributed by atoms with E-state index >= 15 is 0 Å². The lowest BCUT2D eigenvalue weighted by Crippen LogP contribution is -2.39. The van der Waals surface area contributed by atoms with Gasteiger partial charge in [0.1, 0.15) is 0 Å². The maximum absolute atomic E-state index is 11.8. The number of hydrogen-bond donors (Lipinski definition) is 1. The van der Waals surface area contributed by atoms with Crippen molar-refractivity contribution in [3.8, 4) is 0 Å². The predicted octanol–water partition coefficient (Wildman–Crippen LogP) is 2.36. The third-order valence-corrected chi connectivity index (χ3v) is 3.91. The highest BCUT2D eigenvalue weighted by atomic mass is 16.1. The molecule has 2 aliphatic rings. The zero-order valence-electron chi connectivity index (χ0n) is 11.8. The fraction of sp³-hybridized carbons (Fsp3) is 0.533. The summed E-state index contributed by atoms with van der Waals surface area (Å²) < 4.78 is 0. The number of carbonyl (C=O) groups is 1. The van der Waals surface area contributed by atoms with Gasteiger partial charge < -0.3 is 10.6 Å². The number of amides is 1. The van der Waals surface area contributed by atoms with Gasteiger partial charge in [-0.2, -0.15) is 0 Å². The average Bonchev–Trinajstić information content (AvgIpc) is 2.54. The quantitative estimate of drug-likeness (QED) is 0.813. The summed E-state index contributed by atoms with van der Waals surface area (Å²) in [6.45, 7) is 10.4. The highest BCUT2D eigenvalue weighted by Crippen LogP contribution is 2.45. The van der Waals surface area contributed by atoms with Gasteiger partial charge in [-0.15, -0.1) is 0 Å². The van der Waals surface area contributed by atoms with E-state index in [0.29, 0.717) is 12.1 Å². The van der Waals surface area contributed by atoms with Crippen LogP contribution >= 0.6 is 0 Å². The van der Waals surface area contributed by atoms with Crippen molar-refractivity contribution in [2.24, 2.45) is 11.1 Å². The van der Waals surface area contributed by atoms with Gasteiger partial charge in [-0.25, -0.2) is 0 Å². The Morgan fingerprint density at radius 1 is 1.50 bits per heavy atom. The second-order valence-corrected chi connectivity index (χ2v) is 5.81. The first kappa shape index (κ1) is 12.9. The molecule has 0 spiro atoms. The number of rotatable bonds is 2. The molecule has 0 saturated carbocycles. The van der Waals surface area contributed by atoms with Crippen molar-refractivity contribution in [2.75, 3.05) is 0 Å². The lowest BCUT2D eigenvalue weighted by Gasteiger charge is -2.36. The standard InChI is InChI=1S/C15H22N2O/c1-9(2)17-11(4)7-12-13(17)6-10(3)8-15(12,5)14(16)18/h6-9,11H,1-5H3,(H2,16,18). The highest BCUT2D eigenvalue weighted by molar-refractivity contribution is 5.89. The molecule has 0 radical (unpaired) electrons. The Morgan fingerprint density at radius 3 is 2.61 bits per heavy atom. The first-order chi connectivity index (χ1) is 8.27. The predicted molar refractivity (Wildman–Crippen MR) is 73.7 cm³/mol. The number of primary amides is 1. The van der Waals surface area contributed by atoms with Crippen LogP contribution in [-0.4, -0.2) is 22.9 Å². The summed E-state index contributed by atoms with van der Waals surface area (Å²) in [6, 6.07) is 0.715. The summed E-state index contributed by atoms with van der Waals surface area (Å²) in [5.41, 5.74) is 8.25. The minimum absolute atomic E-state index is 0.281. The van der Waals surface area contributed by atoms with Gasteiger partial charge in [0.2, 0.25) is 5.91 Å². The van der Waals surface area contributed by atoms with E-state index in [2.05, 4.69) is 37.8 Å². The highest BCUT2D eigenvalue weighted by Gasteiger charge is 2.43. The van der Waals surface area contributed by atoms with E-state index in [1.54, 1.807) is 0 Å². The SMILES string of the molecule is CC1=CC(C)(C(N)=O)C2=CC(C)N(C(C)C)C2=C1. The molecule has 0 aromatic heterocycles. The van der Waals surface area contributed by atoms with E-state index in [4.69, 9.17) is 5.73 Å². The minimum Gasteiger partial charge on any atom is -0.369 e. The summed E-state index contributed by atoms with van der Waals surface area (Å²) >= 11 is 0. The van der Waals surface area contributed by atoms with Crippen molar-refractivity contribution in [2.45, 2.75) is 46.7 Å². The topological polar surface area (TPSA) is 46.3 Å². The number of nitrogens with zero attached hydrogens (tertiary/aromatic N) is 1. The van der Waals surface area contributed by atoms with Gasteiger partial charge in [0.15, 0.2) is 0 Å². The Bertz CT molecular complexity index is 485. The molecule has 18 heavy (non-hydrogen) atoms. The molecule has 98 valence electrons. The van der Waals surface area contributed by atoms with Gasteiger partial charge in [0, 0.05) is 17.8 Å². The van der Waals surface area contributed by atoms with Gasteiger partial charge >= 0.3 is 0 Å². The third-order valence-electron chi connectivity index (χ3n) is 3.91. The number of carbonyl (C=O) groups excluding carboxylic acids is 1. The molecule has 1 amide bonds. The Labute approximate surface area is 109 Å². The Kier molecular flexibility index (Phi) is 2.88. The van der Waals surface area contributed by atoms with E-state index in [1.165, 1.54) is 0 Å². The van der Waals surface area contributed by atoms with Crippen molar-refractivity contribution in [3.05, 3.63) is 35.1 Å². The fourth-order valence-electron chi connectivity index (χ4n) is 3.10. The lowest BCUT2D eigenvalue weighted by molar-refractivity contribution is -0.123. The third kappa shape index (κ3) is 1.69. The zero-order chi connectivity index (χ0) is 13.7. The van der Waals surface area contributed by atoms with Gasteiger partial charge in [-0.05, 0) is 46.3 Å². The summed E-state index contributed by atoms with van der Waals surface area (Å²) in [7, 11) is 0. The van der Waals surface area contributed by atoms with E-state index in [-0.39, 0.29) is 5.91 Å². The van der Waals surface area contributed by atoms with Gasteiger partial charge in [-0.1, -0.05) is 17.7 Å². The molecule has 2 atom stereocenters. The van der Waals surface area contributed by atoms with Crippen LogP contribution in [0.1, 0.15) is 34.6 Å². The molecule has 0 aromatic carbocycles. The molecular formula is C15H22N2O. The molecule has 0 aromatic rings. The first-order valence-corrected chi connectivity index (χ1v) is 6.49. The number of nitrogens with two attached hydrogens (primary N) is 1. The van der Waals surface area contributed by atoms with Crippen molar-refractivity contribution in [1.29, 1.82) is 0 Å². The van der Waals surface area contributed by atoms with Crippen LogP contribution in [0.5, 0.6) is 0 Å². The van der Waals surface area contributed by atoms with Gasteiger partial charge in [0.05, 0.1) is 5.41 Å². The van der Waals surface area contributed by atoms with Crippen LogP contribution in [0.4, 0.5) is 0 Å². The monoisotopic (exact) mass is 246 g/mol. The molecule has 3 heteroatoms. The van der Waals surface area contributed by atoms with Crippen molar-refractivity contribution < 1.29 is 4.79 Å². The fourth-order valence-corrected chi connectivity index (χ4v) is 3.10.